The van der Waals surface area contributed by atoms with Crippen LogP contribution in [0.15, 0.2) is 52.9 Å². The highest BCUT2D eigenvalue weighted by Gasteiger charge is 2.14. The smallest absolute Gasteiger partial charge is 0.331 e. The van der Waals surface area contributed by atoms with Gasteiger partial charge in [0.1, 0.15) is 5.75 Å². The molecule has 0 atom stereocenters. The van der Waals surface area contributed by atoms with Gasteiger partial charge in [0.25, 0.3) is 0 Å². The van der Waals surface area contributed by atoms with Crippen molar-refractivity contribution in [1.29, 1.82) is 0 Å². The maximum Gasteiger partial charge on any atom is 0.331 e. The predicted octanol–water partition coefficient (Wildman–Crippen LogP) is 4.33. The molecule has 0 saturated carbocycles. The molecular weight excluding hydrogens is 296 g/mol. The Morgan fingerprint density at radius 3 is 2.55 bits per heavy atom. The number of hydrogen-bond donors (Lipinski definition) is 1. The van der Waals surface area contributed by atoms with Gasteiger partial charge in [-0.2, -0.15) is 0 Å². The third-order valence-corrected chi connectivity index (χ3v) is 4.76. The fourth-order valence-electron chi connectivity index (χ4n) is 2.46. The fraction of sp³-hybridized carbons (Fsp3) is 0.167. The van der Waals surface area contributed by atoms with E-state index in [1.54, 1.807) is 24.9 Å². The Balaban J connectivity index is 2.01. The highest BCUT2D eigenvalue weighted by Crippen LogP contribution is 2.34. The number of methoxy groups -OCH3 is 1. The third-order valence-electron chi connectivity index (χ3n) is 3.67. The molecular formula is C18H16O3S. The Kier molecular flexibility index (Phi) is 4.20. The number of rotatable bonds is 3. The van der Waals surface area contributed by atoms with Crippen LogP contribution in [0.1, 0.15) is 12.0 Å². The Bertz CT molecular complexity index is 732. The topological polar surface area (TPSA) is 46.5 Å². The molecule has 0 aromatic heterocycles. The second-order valence-corrected chi connectivity index (χ2v) is 6.19. The summed E-state index contributed by atoms with van der Waals surface area (Å²) in [5, 5.41) is 9.24. The summed E-state index contributed by atoms with van der Waals surface area (Å²) in [7, 11) is 1.65. The van der Waals surface area contributed by atoms with Crippen molar-refractivity contribution in [2.24, 2.45) is 0 Å². The largest absolute Gasteiger partial charge is 0.497 e. The number of fused-ring (bicyclic) bond motifs is 1. The first-order valence-electron chi connectivity index (χ1n) is 7.02. The van der Waals surface area contributed by atoms with Crippen LogP contribution in [0.25, 0.3) is 17.2 Å². The van der Waals surface area contributed by atoms with E-state index in [1.165, 1.54) is 0 Å². The van der Waals surface area contributed by atoms with Gasteiger partial charge in [0.2, 0.25) is 0 Å². The van der Waals surface area contributed by atoms with Gasteiger partial charge in [0.15, 0.2) is 0 Å². The number of thioether (sulfide) groups is 1. The first-order valence-corrected chi connectivity index (χ1v) is 8.01. The average molecular weight is 312 g/mol. The highest BCUT2D eigenvalue weighted by molar-refractivity contribution is 7.99. The molecule has 2 aromatic carbocycles. The van der Waals surface area contributed by atoms with Crippen LogP contribution in [-0.4, -0.2) is 23.9 Å². The number of aliphatic carboxylic acids is 1. The van der Waals surface area contributed by atoms with E-state index in [1.807, 2.05) is 24.3 Å². The Morgan fingerprint density at radius 1 is 1.14 bits per heavy atom. The molecule has 0 spiro atoms. The molecule has 1 aliphatic heterocycles. The maximum atomic E-state index is 11.3. The molecule has 0 fully saturated rings. The maximum absolute atomic E-state index is 11.3. The zero-order chi connectivity index (χ0) is 15.5. The Morgan fingerprint density at radius 2 is 1.86 bits per heavy atom. The van der Waals surface area contributed by atoms with Gasteiger partial charge in [-0.15, -0.1) is 11.8 Å². The molecule has 0 bridgehead atoms. The van der Waals surface area contributed by atoms with Crippen LogP contribution in [0.5, 0.6) is 5.75 Å². The first-order chi connectivity index (χ1) is 10.7. The molecule has 2 aromatic rings. The molecule has 0 saturated heterocycles. The number of carboxylic acid groups (broad SMARTS) is 1. The van der Waals surface area contributed by atoms with Gasteiger partial charge in [-0.25, -0.2) is 4.79 Å². The summed E-state index contributed by atoms with van der Waals surface area (Å²) in [6.45, 7) is 0. The molecule has 1 aliphatic rings. The highest BCUT2D eigenvalue weighted by atomic mass is 32.2. The second kappa shape index (κ2) is 6.28. The standard InChI is InChI=1S/C18H16O3S/c1-21-16-5-2-12(3-6-16)13-4-7-17-15(10-13)11-14(18(19)20)8-9-22-17/h2-7,10-11H,8-9H2,1H3,(H,19,20). The van der Waals surface area contributed by atoms with Crippen molar-refractivity contribution in [1.82, 2.24) is 0 Å². The van der Waals surface area contributed by atoms with Gasteiger partial charge >= 0.3 is 5.97 Å². The van der Waals surface area contributed by atoms with E-state index in [9.17, 15) is 9.90 Å². The SMILES string of the molecule is COc1ccc(-c2ccc3c(c2)C=C(C(=O)O)CCS3)cc1. The predicted molar refractivity (Wildman–Crippen MR) is 89.4 cm³/mol. The van der Waals surface area contributed by atoms with Crippen molar-refractivity contribution in [3.05, 3.63) is 53.6 Å². The van der Waals surface area contributed by atoms with Gasteiger partial charge < -0.3 is 9.84 Å². The number of carbonyl (C=O) groups is 1. The summed E-state index contributed by atoms with van der Waals surface area (Å²) in [6.07, 6.45) is 2.39. The van der Waals surface area contributed by atoms with E-state index in [-0.39, 0.29) is 0 Å². The Hall–Kier alpha value is -2.20. The molecule has 1 heterocycles. The number of carboxylic acids is 1. The average Bonchev–Trinajstić information content (AvgIpc) is 2.76. The van der Waals surface area contributed by atoms with Crippen LogP contribution in [0, 0.1) is 0 Å². The second-order valence-electron chi connectivity index (χ2n) is 5.05. The normalized spacial score (nSPS) is 13.8. The van der Waals surface area contributed by atoms with Crippen LogP contribution in [0.3, 0.4) is 0 Å². The lowest BCUT2D eigenvalue weighted by molar-refractivity contribution is -0.132. The first kappa shape index (κ1) is 14.7. The van der Waals surface area contributed by atoms with Gasteiger partial charge in [0, 0.05) is 16.2 Å². The van der Waals surface area contributed by atoms with Gasteiger partial charge in [-0.05, 0) is 53.5 Å². The number of ether oxygens (including phenoxy) is 1. The van der Waals surface area contributed by atoms with Crippen LogP contribution in [-0.2, 0) is 4.79 Å². The molecule has 3 rings (SSSR count). The molecule has 0 unspecified atom stereocenters. The third kappa shape index (κ3) is 3.02. The van der Waals surface area contributed by atoms with E-state index in [0.717, 1.165) is 33.1 Å². The summed E-state index contributed by atoms with van der Waals surface area (Å²) in [4.78, 5) is 12.4. The summed E-state index contributed by atoms with van der Waals surface area (Å²) in [5.41, 5.74) is 3.61. The zero-order valence-electron chi connectivity index (χ0n) is 12.2. The van der Waals surface area contributed by atoms with Crippen LogP contribution < -0.4 is 4.74 Å². The zero-order valence-corrected chi connectivity index (χ0v) is 13.0. The van der Waals surface area contributed by atoms with Gasteiger partial charge in [-0.3, -0.25) is 0 Å². The number of benzene rings is 2. The van der Waals surface area contributed by atoms with Crippen LogP contribution in [0.2, 0.25) is 0 Å². The Labute approximate surface area is 133 Å². The van der Waals surface area contributed by atoms with E-state index >= 15 is 0 Å². The van der Waals surface area contributed by atoms with Gasteiger partial charge in [0.05, 0.1) is 7.11 Å². The minimum absolute atomic E-state index is 0.470. The lowest BCUT2D eigenvalue weighted by atomic mass is 10.0. The van der Waals surface area contributed by atoms with Crippen molar-refractivity contribution in [2.45, 2.75) is 11.3 Å². The molecule has 22 heavy (non-hydrogen) atoms. The fourth-order valence-corrected chi connectivity index (χ4v) is 3.45. The summed E-state index contributed by atoms with van der Waals surface area (Å²) >= 11 is 1.71. The molecule has 1 N–H and O–H groups in total. The van der Waals surface area contributed by atoms with Crippen molar-refractivity contribution < 1.29 is 14.6 Å². The van der Waals surface area contributed by atoms with Crippen molar-refractivity contribution in [3.63, 3.8) is 0 Å². The van der Waals surface area contributed by atoms with E-state index in [0.29, 0.717) is 12.0 Å². The lowest BCUT2D eigenvalue weighted by Crippen LogP contribution is -2.00. The molecule has 0 radical (unpaired) electrons. The molecule has 0 amide bonds. The van der Waals surface area contributed by atoms with Crippen LogP contribution in [0.4, 0.5) is 0 Å². The van der Waals surface area contributed by atoms with E-state index < -0.39 is 5.97 Å². The molecule has 4 heteroatoms. The monoisotopic (exact) mass is 312 g/mol. The van der Waals surface area contributed by atoms with E-state index in [4.69, 9.17) is 4.74 Å². The minimum Gasteiger partial charge on any atom is -0.497 e. The van der Waals surface area contributed by atoms with Crippen molar-refractivity contribution in [3.8, 4) is 16.9 Å². The molecule has 0 aliphatic carbocycles. The molecule has 112 valence electrons. The summed E-state index contributed by atoms with van der Waals surface area (Å²) < 4.78 is 5.17. The lowest BCUT2D eigenvalue weighted by Gasteiger charge is -2.08. The van der Waals surface area contributed by atoms with Crippen molar-refractivity contribution >= 4 is 23.8 Å². The van der Waals surface area contributed by atoms with E-state index in [2.05, 4.69) is 18.2 Å². The number of hydrogen-bond acceptors (Lipinski definition) is 3. The minimum atomic E-state index is -0.830. The molecule has 3 nitrogen and oxygen atoms in total. The van der Waals surface area contributed by atoms with Gasteiger partial charge in [-0.1, -0.05) is 18.2 Å². The summed E-state index contributed by atoms with van der Waals surface area (Å²) in [6, 6.07) is 14.1. The summed E-state index contributed by atoms with van der Waals surface area (Å²) in [5.74, 6) is 0.790. The van der Waals surface area contributed by atoms with Crippen molar-refractivity contribution in [2.75, 3.05) is 12.9 Å². The van der Waals surface area contributed by atoms with Crippen LogP contribution >= 0.6 is 11.8 Å². The quantitative estimate of drug-likeness (QED) is 0.916.